The molecule has 0 aromatic carbocycles. The number of primary amides is 1. The highest BCUT2D eigenvalue weighted by Crippen LogP contribution is 2.16. The van der Waals surface area contributed by atoms with Crippen molar-refractivity contribution in [3.63, 3.8) is 0 Å². The lowest BCUT2D eigenvalue weighted by Gasteiger charge is -1.99. The van der Waals surface area contributed by atoms with Crippen molar-refractivity contribution in [1.29, 1.82) is 0 Å². The van der Waals surface area contributed by atoms with Gasteiger partial charge in [-0.05, 0) is 18.6 Å². The predicted molar refractivity (Wildman–Crippen MR) is 42.5 cm³/mol. The number of aromatic nitrogens is 1. The minimum atomic E-state index is -0.598. The topological polar surface area (TPSA) is 56.0 Å². The van der Waals surface area contributed by atoms with E-state index in [2.05, 4.69) is 4.98 Å². The smallest absolute Gasteiger partial charge is 0.268 e. The van der Waals surface area contributed by atoms with Gasteiger partial charge in [-0.1, -0.05) is 11.6 Å². The summed E-state index contributed by atoms with van der Waals surface area (Å²) in [6.07, 6.45) is 1.50. The zero-order chi connectivity index (χ0) is 8.43. The first-order valence-corrected chi connectivity index (χ1v) is 3.41. The van der Waals surface area contributed by atoms with Gasteiger partial charge in [-0.25, -0.2) is 4.98 Å². The van der Waals surface area contributed by atoms with Crippen molar-refractivity contribution in [3.8, 4) is 0 Å². The molecule has 3 nitrogen and oxygen atoms in total. The van der Waals surface area contributed by atoms with Crippen molar-refractivity contribution >= 4 is 17.5 Å². The minimum absolute atomic E-state index is 0.131. The first-order chi connectivity index (χ1) is 5.13. The molecule has 0 saturated carbocycles. The fourth-order valence-electron chi connectivity index (χ4n) is 0.712. The number of rotatable bonds is 1. The minimum Gasteiger partial charge on any atom is -0.364 e. The monoisotopic (exact) mass is 170 g/mol. The van der Waals surface area contributed by atoms with E-state index in [9.17, 15) is 4.79 Å². The Morgan fingerprint density at radius 2 is 2.36 bits per heavy atom. The summed E-state index contributed by atoms with van der Waals surface area (Å²) < 4.78 is 0. The number of hydrogen-bond donors (Lipinski definition) is 1. The van der Waals surface area contributed by atoms with Gasteiger partial charge in [-0.15, -0.1) is 0 Å². The van der Waals surface area contributed by atoms with Crippen LogP contribution < -0.4 is 5.73 Å². The van der Waals surface area contributed by atoms with Gasteiger partial charge in [-0.3, -0.25) is 4.79 Å². The molecule has 0 saturated heterocycles. The van der Waals surface area contributed by atoms with E-state index >= 15 is 0 Å². The van der Waals surface area contributed by atoms with E-state index < -0.39 is 5.91 Å². The van der Waals surface area contributed by atoms with Crippen LogP contribution in [-0.4, -0.2) is 10.9 Å². The Balaban J connectivity index is 3.27. The number of halogens is 1. The quantitative estimate of drug-likeness (QED) is 0.687. The van der Waals surface area contributed by atoms with Crippen LogP contribution in [-0.2, 0) is 0 Å². The lowest BCUT2D eigenvalue weighted by Crippen LogP contribution is -2.13. The van der Waals surface area contributed by atoms with Crippen LogP contribution in [0.1, 0.15) is 16.1 Å². The Morgan fingerprint density at radius 1 is 1.73 bits per heavy atom. The van der Waals surface area contributed by atoms with Crippen molar-refractivity contribution in [2.24, 2.45) is 5.73 Å². The molecule has 0 aliphatic heterocycles. The van der Waals surface area contributed by atoms with Crippen LogP contribution in [0.25, 0.3) is 0 Å². The van der Waals surface area contributed by atoms with Crippen LogP contribution >= 0.6 is 11.6 Å². The van der Waals surface area contributed by atoms with Crippen molar-refractivity contribution in [3.05, 3.63) is 28.5 Å². The summed E-state index contributed by atoms with van der Waals surface area (Å²) in [5.74, 6) is -0.598. The Labute approximate surface area is 69.2 Å². The van der Waals surface area contributed by atoms with Gasteiger partial charge < -0.3 is 5.73 Å². The number of nitrogens with two attached hydrogens (primary N) is 1. The Kier molecular flexibility index (Phi) is 2.10. The summed E-state index contributed by atoms with van der Waals surface area (Å²) in [6.45, 7) is 1.79. The summed E-state index contributed by atoms with van der Waals surface area (Å²) in [4.78, 5) is 14.4. The molecular weight excluding hydrogens is 164 g/mol. The first-order valence-electron chi connectivity index (χ1n) is 3.04. The molecule has 0 atom stereocenters. The van der Waals surface area contributed by atoms with Gasteiger partial charge >= 0.3 is 0 Å². The Hall–Kier alpha value is -1.09. The van der Waals surface area contributed by atoms with E-state index in [0.717, 1.165) is 5.56 Å². The second-order valence-corrected chi connectivity index (χ2v) is 2.53. The standard InChI is InChI=1S/C7H7ClN2O/c1-4-2-3-10-6(5(4)8)7(9)11/h2-3H,1H3,(H2,9,11). The fourth-order valence-corrected chi connectivity index (χ4v) is 0.917. The lowest BCUT2D eigenvalue weighted by molar-refractivity contribution is 0.0995. The summed E-state index contributed by atoms with van der Waals surface area (Å²) in [5, 5.41) is 0.333. The average molecular weight is 171 g/mol. The third kappa shape index (κ3) is 1.49. The molecule has 11 heavy (non-hydrogen) atoms. The molecule has 0 spiro atoms. The van der Waals surface area contributed by atoms with Gasteiger partial charge in [-0.2, -0.15) is 0 Å². The van der Waals surface area contributed by atoms with Crippen LogP contribution in [0.2, 0.25) is 5.02 Å². The summed E-state index contributed by atoms with van der Waals surface area (Å²) in [5.41, 5.74) is 5.93. The highest BCUT2D eigenvalue weighted by atomic mass is 35.5. The van der Waals surface area contributed by atoms with E-state index in [4.69, 9.17) is 17.3 Å². The summed E-state index contributed by atoms with van der Waals surface area (Å²) in [7, 11) is 0. The number of carbonyl (C=O) groups excluding carboxylic acids is 1. The van der Waals surface area contributed by atoms with Crippen LogP contribution in [0.3, 0.4) is 0 Å². The zero-order valence-corrected chi connectivity index (χ0v) is 6.72. The molecule has 1 heterocycles. The molecule has 0 fully saturated rings. The van der Waals surface area contributed by atoms with Gasteiger partial charge in [0.1, 0.15) is 5.69 Å². The predicted octanol–water partition coefficient (Wildman–Crippen LogP) is 1.14. The Bertz CT molecular complexity index is 298. The molecule has 1 aromatic heterocycles. The van der Waals surface area contributed by atoms with Crippen LogP contribution in [0, 0.1) is 6.92 Å². The molecule has 0 radical (unpaired) electrons. The fraction of sp³-hybridized carbons (Fsp3) is 0.143. The average Bonchev–Trinajstić information content (AvgIpc) is 1.94. The van der Waals surface area contributed by atoms with E-state index in [1.165, 1.54) is 6.20 Å². The maximum Gasteiger partial charge on any atom is 0.268 e. The van der Waals surface area contributed by atoms with Crippen molar-refractivity contribution in [2.75, 3.05) is 0 Å². The molecule has 0 aliphatic rings. The molecule has 1 rings (SSSR count). The van der Waals surface area contributed by atoms with Crippen LogP contribution in [0.5, 0.6) is 0 Å². The molecule has 0 aliphatic carbocycles. The third-order valence-corrected chi connectivity index (χ3v) is 1.79. The van der Waals surface area contributed by atoms with Crippen molar-refractivity contribution in [2.45, 2.75) is 6.92 Å². The Morgan fingerprint density at radius 3 is 2.82 bits per heavy atom. The molecule has 1 aromatic rings. The van der Waals surface area contributed by atoms with Gasteiger partial charge in [0.25, 0.3) is 5.91 Å². The molecule has 0 bridgehead atoms. The maximum absolute atomic E-state index is 10.6. The number of pyridine rings is 1. The lowest BCUT2D eigenvalue weighted by atomic mass is 10.2. The van der Waals surface area contributed by atoms with E-state index in [1.807, 2.05) is 0 Å². The highest BCUT2D eigenvalue weighted by Gasteiger charge is 2.08. The van der Waals surface area contributed by atoms with Gasteiger partial charge in [0, 0.05) is 6.20 Å². The second-order valence-electron chi connectivity index (χ2n) is 2.15. The van der Waals surface area contributed by atoms with Crippen molar-refractivity contribution in [1.82, 2.24) is 4.98 Å². The second kappa shape index (κ2) is 2.88. The molecule has 4 heteroatoms. The highest BCUT2D eigenvalue weighted by molar-refractivity contribution is 6.34. The number of hydrogen-bond acceptors (Lipinski definition) is 2. The third-order valence-electron chi connectivity index (χ3n) is 1.32. The van der Waals surface area contributed by atoms with Gasteiger partial charge in [0.2, 0.25) is 0 Å². The number of amides is 1. The van der Waals surface area contributed by atoms with E-state index in [1.54, 1.807) is 13.0 Å². The normalized spacial score (nSPS) is 9.64. The molecular formula is C7H7ClN2O. The number of aryl methyl sites for hydroxylation is 1. The molecule has 2 N–H and O–H groups in total. The largest absolute Gasteiger partial charge is 0.364 e. The van der Waals surface area contributed by atoms with Crippen LogP contribution in [0.15, 0.2) is 12.3 Å². The SMILES string of the molecule is Cc1ccnc(C(N)=O)c1Cl. The molecule has 1 amide bonds. The number of carbonyl (C=O) groups is 1. The van der Waals surface area contributed by atoms with E-state index in [-0.39, 0.29) is 5.69 Å². The molecule has 58 valence electrons. The summed E-state index contributed by atoms with van der Waals surface area (Å²) >= 11 is 5.72. The first kappa shape index (κ1) is 8.01. The van der Waals surface area contributed by atoms with Crippen LogP contribution in [0.4, 0.5) is 0 Å². The number of nitrogens with zero attached hydrogens (tertiary/aromatic N) is 1. The van der Waals surface area contributed by atoms with Gasteiger partial charge in [0.05, 0.1) is 5.02 Å². The van der Waals surface area contributed by atoms with Crippen molar-refractivity contribution < 1.29 is 4.79 Å². The zero-order valence-electron chi connectivity index (χ0n) is 5.97. The molecule has 0 unspecified atom stereocenters. The summed E-state index contributed by atoms with van der Waals surface area (Å²) in [6, 6.07) is 1.72. The van der Waals surface area contributed by atoms with Gasteiger partial charge in [0.15, 0.2) is 0 Å². The maximum atomic E-state index is 10.6. The van der Waals surface area contributed by atoms with E-state index in [0.29, 0.717) is 5.02 Å².